The molecule has 1 aromatic rings. The van der Waals surface area contributed by atoms with E-state index >= 15 is 0 Å². The third kappa shape index (κ3) is 2.79. The van der Waals surface area contributed by atoms with Crippen molar-refractivity contribution in [1.29, 1.82) is 0 Å². The van der Waals surface area contributed by atoms with Crippen molar-refractivity contribution in [2.45, 2.75) is 13.8 Å². The van der Waals surface area contributed by atoms with Gasteiger partial charge in [-0.05, 0) is 25.5 Å². The smallest absolute Gasteiger partial charge is 0.0387 e. The lowest BCUT2D eigenvalue weighted by Gasteiger charge is -1.98. The number of nitrogens with two attached hydrogens (primary N) is 1. The molecule has 0 aliphatic rings. The van der Waals surface area contributed by atoms with Crippen molar-refractivity contribution in [3.63, 3.8) is 0 Å². The van der Waals surface area contributed by atoms with Gasteiger partial charge in [-0.2, -0.15) is 0 Å². The Morgan fingerprint density at radius 1 is 1.31 bits per heavy atom. The molecule has 0 aliphatic heterocycles. The fourth-order valence-corrected chi connectivity index (χ4v) is 0.980. The number of allylic oxidation sites excluding steroid dienone is 3. The van der Waals surface area contributed by atoms with Crippen LogP contribution >= 0.6 is 0 Å². The van der Waals surface area contributed by atoms with Gasteiger partial charge in [-0.15, -0.1) is 0 Å². The Balaban J connectivity index is 2.86. The molecular weight excluding hydrogens is 158 g/mol. The minimum atomic E-state index is 0.822. The molecule has 0 unspecified atom stereocenters. The molecule has 1 heteroatoms. The Morgan fingerprint density at radius 3 is 2.62 bits per heavy atom. The SMILES string of the molecule is C/C=C(C)\C=C\c1ccccc1N. The Kier molecular flexibility index (Phi) is 3.32. The van der Waals surface area contributed by atoms with E-state index in [0.717, 1.165) is 11.3 Å². The van der Waals surface area contributed by atoms with E-state index in [4.69, 9.17) is 5.73 Å². The zero-order valence-electron chi connectivity index (χ0n) is 8.12. The molecule has 2 N–H and O–H groups in total. The first-order valence-corrected chi connectivity index (χ1v) is 4.39. The molecule has 1 nitrogen and oxygen atoms in total. The molecule has 0 heterocycles. The highest BCUT2D eigenvalue weighted by Gasteiger charge is 1.90. The lowest BCUT2D eigenvalue weighted by molar-refractivity contribution is 1.48. The second kappa shape index (κ2) is 4.51. The summed E-state index contributed by atoms with van der Waals surface area (Å²) in [5.74, 6) is 0. The van der Waals surface area contributed by atoms with Crippen LogP contribution < -0.4 is 5.73 Å². The second-order valence-corrected chi connectivity index (χ2v) is 2.99. The Labute approximate surface area is 79.6 Å². The van der Waals surface area contributed by atoms with Crippen LogP contribution in [-0.4, -0.2) is 0 Å². The average Bonchev–Trinajstić information content (AvgIpc) is 2.16. The van der Waals surface area contributed by atoms with Crippen LogP contribution in [0.15, 0.2) is 42.0 Å². The highest BCUT2D eigenvalue weighted by molar-refractivity contribution is 5.65. The molecule has 0 aliphatic carbocycles. The summed E-state index contributed by atoms with van der Waals surface area (Å²) in [6, 6.07) is 7.84. The van der Waals surface area contributed by atoms with Crippen molar-refractivity contribution >= 4 is 11.8 Å². The predicted octanol–water partition coefficient (Wildman–Crippen LogP) is 3.25. The van der Waals surface area contributed by atoms with Gasteiger partial charge in [-0.25, -0.2) is 0 Å². The molecule has 1 aromatic carbocycles. The maximum atomic E-state index is 5.78. The fourth-order valence-electron chi connectivity index (χ4n) is 0.980. The van der Waals surface area contributed by atoms with E-state index in [0.29, 0.717) is 0 Å². The molecule has 0 saturated carbocycles. The molecular formula is C12H15N. The van der Waals surface area contributed by atoms with Crippen LogP contribution in [0.5, 0.6) is 0 Å². The van der Waals surface area contributed by atoms with Crippen molar-refractivity contribution < 1.29 is 0 Å². The number of hydrogen-bond acceptors (Lipinski definition) is 1. The first-order valence-electron chi connectivity index (χ1n) is 4.39. The molecule has 0 radical (unpaired) electrons. The number of hydrogen-bond donors (Lipinski definition) is 1. The van der Waals surface area contributed by atoms with E-state index in [1.54, 1.807) is 0 Å². The Morgan fingerprint density at radius 2 is 2.00 bits per heavy atom. The minimum absolute atomic E-state index is 0.822. The molecule has 0 atom stereocenters. The van der Waals surface area contributed by atoms with E-state index in [9.17, 15) is 0 Å². The van der Waals surface area contributed by atoms with E-state index < -0.39 is 0 Å². The summed E-state index contributed by atoms with van der Waals surface area (Å²) in [7, 11) is 0. The lowest BCUT2D eigenvalue weighted by atomic mass is 10.1. The fraction of sp³-hybridized carbons (Fsp3) is 0.167. The van der Waals surface area contributed by atoms with Gasteiger partial charge < -0.3 is 5.73 Å². The topological polar surface area (TPSA) is 26.0 Å². The molecule has 0 amide bonds. The molecule has 0 spiro atoms. The van der Waals surface area contributed by atoms with Gasteiger partial charge in [0.2, 0.25) is 0 Å². The molecule has 13 heavy (non-hydrogen) atoms. The quantitative estimate of drug-likeness (QED) is 0.539. The van der Waals surface area contributed by atoms with Gasteiger partial charge in [0.05, 0.1) is 0 Å². The first kappa shape index (κ1) is 9.59. The van der Waals surface area contributed by atoms with Gasteiger partial charge in [-0.3, -0.25) is 0 Å². The maximum absolute atomic E-state index is 5.78. The summed E-state index contributed by atoms with van der Waals surface area (Å²) in [6.07, 6.45) is 6.16. The van der Waals surface area contributed by atoms with Crippen LogP contribution in [0.1, 0.15) is 19.4 Å². The number of rotatable bonds is 2. The number of para-hydroxylation sites is 1. The van der Waals surface area contributed by atoms with Crippen LogP contribution in [0.25, 0.3) is 6.08 Å². The van der Waals surface area contributed by atoms with E-state index in [1.807, 2.05) is 37.3 Å². The number of benzene rings is 1. The summed E-state index contributed by atoms with van der Waals surface area (Å²) in [5, 5.41) is 0. The highest BCUT2D eigenvalue weighted by Crippen LogP contribution is 2.13. The lowest BCUT2D eigenvalue weighted by Crippen LogP contribution is -1.87. The molecule has 0 bridgehead atoms. The van der Waals surface area contributed by atoms with Gasteiger partial charge in [0.1, 0.15) is 0 Å². The number of nitrogen functional groups attached to an aromatic ring is 1. The Bertz CT molecular complexity index is 335. The second-order valence-electron chi connectivity index (χ2n) is 2.99. The zero-order valence-corrected chi connectivity index (χ0v) is 8.12. The largest absolute Gasteiger partial charge is 0.398 e. The Hall–Kier alpha value is -1.50. The normalized spacial score (nSPS) is 12.3. The molecule has 0 aromatic heterocycles. The van der Waals surface area contributed by atoms with Crippen LogP contribution in [-0.2, 0) is 0 Å². The van der Waals surface area contributed by atoms with E-state index in [1.165, 1.54) is 5.57 Å². The van der Waals surface area contributed by atoms with Gasteiger partial charge >= 0.3 is 0 Å². The highest BCUT2D eigenvalue weighted by atomic mass is 14.5. The standard InChI is InChI=1S/C12H15N/c1-3-10(2)8-9-11-6-4-5-7-12(11)13/h3-9H,13H2,1-2H3/b9-8+,10-3-. The summed E-state index contributed by atoms with van der Waals surface area (Å²) in [4.78, 5) is 0. The summed E-state index contributed by atoms with van der Waals surface area (Å²) in [6.45, 7) is 4.09. The van der Waals surface area contributed by atoms with Crippen molar-refractivity contribution in [1.82, 2.24) is 0 Å². The first-order chi connectivity index (χ1) is 6.24. The van der Waals surface area contributed by atoms with Crippen molar-refractivity contribution in [2.24, 2.45) is 0 Å². The van der Waals surface area contributed by atoms with Crippen molar-refractivity contribution in [3.8, 4) is 0 Å². The molecule has 0 saturated heterocycles. The maximum Gasteiger partial charge on any atom is 0.0387 e. The van der Waals surface area contributed by atoms with Crippen LogP contribution in [0.2, 0.25) is 0 Å². The van der Waals surface area contributed by atoms with Gasteiger partial charge in [0.25, 0.3) is 0 Å². The van der Waals surface area contributed by atoms with E-state index in [2.05, 4.69) is 19.1 Å². The number of anilines is 1. The summed E-state index contributed by atoms with van der Waals surface area (Å²) >= 11 is 0. The monoisotopic (exact) mass is 173 g/mol. The van der Waals surface area contributed by atoms with Gasteiger partial charge in [0, 0.05) is 5.69 Å². The third-order valence-electron chi connectivity index (χ3n) is 1.98. The predicted molar refractivity (Wildman–Crippen MR) is 59.3 cm³/mol. The molecule has 1 rings (SSSR count). The zero-order chi connectivity index (χ0) is 9.68. The van der Waals surface area contributed by atoms with Crippen LogP contribution in [0.3, 0.4) is 0 Å². The van der Waals surface area contributed by atoms with E-state index in [-0.39, 0.29) is 0 Å². The van der Waals surface area contributed by atoms with Crippen LogP contribution in [0.4, 0.5) is 5.69 Å². The summed E-state index contributed by atoms with van der Waals surface area (Å²) in [5.41, 5.74) is 8.91. The van der Waals surface area contributed by atoms with Gasteiger partial charge in [-0.1, -0.05) is 42.0 Å². The third-order valence-corrected chi connectivity index (χ3v) is 1.98. The molecule has 68 valence electrons. The summed E-state index contributed by atoms with van der Waals surface area (Å²) < 4.78 is 0. The van der Waals surface area contributed by atoms with Gasteiger partial charge in [0.15, 0.2) is 0 Å². The minimum Gasteiger partial charge on any atom is -0.398 e. The van der Waals surface area contributed by atoms with Crippen molar-refractivity contribution in [2.75, 3.05) is 5.73 Å². The van der Waals surface area contributed by atoms with Crippen LogP contribution in [0, 0.1) is 0 Å². The molecule has 0 fully saturated rings. The average molecular weight is 173 g/mol. The van der Waals surface area contributed by atoms with Crippen molar-refractivity contribution in [3.05, 3.63) is 47.6 Å².